The maximum absolute atomic E-state index is 13.2. The Morgan fingerprint density at radius 1 is 1.31 bits per heavy atom. The third-order valence-corrected chi connectivity index (χ3v) is 9.87. The molecule has 2 amide bonds. The molecule has 1 aromatic heterocycles. The summed E-state index contributed by atoms with van der Waals surface area (Å²) in [5, 5.41) is 6.16. The predicted octanol–water partition coefficient (Wildman–Crippen LogP) is 2.18. The van der Waals surface area contributed by atoms with Crippen molar-refractivity contribution in [2.24, 2.45) is 5.92 Å². The minimum atomic E-state index is -3.74. The second-order valence-electron chi connectivity index (χ2n) is 9.99. The van der Waals surface area contributed by atoms with Crippen molar-refractivity contribution >= 4 is 48.7 Å². The van der Waals surface area contributed by atoms with E-state index in [9.17, 15) is 18.0 Å². The fourth-order valence-corrected chi connectivity index (χ4v) is 6.82. The number of ether oxygens (including phenoxy) is 3. The average Bonchev–Trinajstić information content (AvgIpc) is 3.82. The largest absolute Gasteiger partial charge is 0.495 e. The normalized spacial score (nSPS) is 26.1. The van der Waals surface area contributed by atoms with Crippen molar-refractivity contribution in [2.45, 2.75) is 55.5 Å². The van der Waals surface area contributed by atoms with Crippen LogP contribution >= 0.6 is 15.9 Å². The number of amides is 2. The van der Waals surface area contributed by atoms with Crippen LogP contribution in [-0.4, -0.2) is 68.4 Å². The first-order valence-corrected chi connectivity index (χ1v) is 15.2. The first-order valence-electron chi connectivity index (χ1n) is 12.8. The summed E-state index contributed by atoms with van der Waals surface area (Å²) in [4.78, 5) is 30.7. The summed E-state index contributed by atoms with van der Waals surface area (Å²) >= 11 is 3.55. The number of benzene rings is 1. The molecule has 13 heteroatoms. The molecular weight excluding hydrogens is 592 g/mol. The summed E-state index contributed by atoms with van der Waals surface area (Å²) in [6.07, 6.45) is 2.91. The van der Waals surface area contributed by atoms with Crippen molar-refractivity contribution < 1.29 is 32.2 Å². The number of pyridine rings is 1. The van der Waals surface area contributed by atoms with E-state index in [0.717, 1.165) is 5.39 Å². The summed E-state index contributed by atoms with van der Waals surface area (Å²) < 4.78 is 44.8. The molecule has 5 rings (SSSR count). The van der Waals surface area contributed by atoms with Crippen molar-refractivity contribution in [1.82, 2.24) is 20.3 Å². The Balaban J connectivity index is 1.29. The number of hydrogen-bond acceptors (Lipinski definition) is 9. The molecule has 1 saturated heterocycles. The molecule has 3 aliphatic rings. The number of fused-ring (bicyclic) bond motifs is 1. The molecule has 11 nitrogen and oxygen atoms in total. The van der Waals surface area contributed by atoms with Gasteiger partial charge in [-0.15, -0.1) is 6.58 Å². The van der Waals surface area contributed by atoms with Gasteiger partial charge in [0.15, 0.2) is 0 Å². The summed E-state index contributed by atoms with van der Waals surface area (Å²) in [6.45, 7) is 6.41. The van der Waals surface area contributed by atoms with Crippen LogP contribution in [0.5, 0.6) is 17.4 Å². The van der Waals surface area contributed by atoms with E-state index in [1.165, 1.54) is 0 Å². The Morgan fingerprint density at radius 3 is 2.72 bits per heavy atom. The van der Waals surface area contributed by atoms with Gasteiger partial charge < -0.3 is 24.8 Å². The lowest BCUT2D eigenvalue weighted by atomic mass is 10.1. The van der Waals surface area contributed by atoms with Gasteiger partial charge in [-0.05, 0) is 54.2 Å². The van der Waals surface area contributed by atoms with Gasteiger partial charge in [0.1, 0.15) is 23.1 Å². The number of halogens is 1. The highest BCUT2D eigenvalue weighted by Gasteiger charge is 2.61. The molecule has 0 spiro atoms. The number of carbonyl (C=O) groups excluding carboxylic acids is 2. The Hall–Kier alpha value is -2.90. The lowest BCUT2D eigenvalue weighted by Gasteiger charge is -2.21. The predicted molar refractivity (Wildman–Crippen MR) is 147 cm³/mol. The fraction of sp³-hybridized carbons (Fsp3) is 0.500. The summed E-state index contributed by atoms with van der Waals surface area (Å²) in [5.41, 5.74) is -0.700. The number of nitrogens with zero attached hydrogens (tertiary/aromatic N) is 1. The molecule has 1 unspecified atom stereocenters. The molecule has 4 atom stereocenters. The second-order valence-corrected chi connectivity index (χ2v) is 12.7. The second kappa shape index (κ2) is 10.6. The van der Waals surface area contributed by atoms with Gasteiger partial charge in [-0.2, -0.15) is 0 Å². The van der Waals surface area contributed by atoms with Crippen LogP contribution in [0.15, 0.2) is 35.3 Å². The SMILES string of the molecule is C=CC1C[C@]1(NC(=O)[C@@H]1C[C@@H](Oc2cc(OCC)nc3c(Br)c(OC)ccc23)CN1)C(=O)NS(=O)(=O)C1CC1. The van der Waals surface area contributed by atoms with E-state index in [2.05, 4.69) is 42.8 Å². The molecule has 2 heterocycles. The highest BCUT2D eigenvalue weighted by molar-refractivity contribution is 9.10. The van der Waals surface area contributed by atoms with Crippen molar-refractivity contribution in [3.8, 4) is 17.4 Å². The monoisotopic (exact) mass is 622 g/mol. The summed E-state index contributed by atoms with van der Waals surface area (Å²) in [5.74, 6) is 0.106. The standard InChI is InChI=1S/C26H31BrN4O7S/c1-4-14-12-26(14,25(33)31-39(34,35)16-6-7-16)30-24(32)18-10-15(13-28-18)38-20-11-21(37-5-2)29-23-17(20)8-9-19(36-3)22(23)27/h4,8-9,11,14-16,18,28H,1,5-7,10,12-13H2,2-3H3,(H,30,32)(H,31,33)/t14?,15-,18+,26-/m1/s1. The van der Waals surface area contributed by atoms with Gasteiger partial charge in [0, 0.05) is 30.3 Å². The van der Waals surface area contributed by atoms with Crippen molar-refractivity contribution in [3.63, 3.8) is 0 Å². The molecule has 1 aromatic carbocycles. The maximum atomic E-state index is 13.2. The zero-order chi connectivity index (χ0) is 27.9. The van der Waals surface area contributed by atoms with E-state index in [1.807, 2.05) is 19.1 Å². The number of rotatable bonds is 11. The topological polar surface area (TPSA) is 145 Å². The van der Waals surface area contributed by atoms with Gasteiger partial charge in [0.25, 0.3) is 5.91 Å². The molecule has 1 aliphatic heterocycles. The zero-order valence-corrected chi connectivity index (χ0v) is 24.1. The first kappa shape index (κ1) is 27.7. The lowest BCUT2D eigenvalue weighted by molar-refractivity contribution is -0.130. The average molecular weight is 624 g/mol. The molecule has 2 aromatic rings. The number of carbonyl (C=O) groups is 2. The third kappa shape index (κ3) is 5.44. The van der Waals surface area contributed by atoms with Gasteiger partial charge in [0.2, 0.25) is 21.8 Å². The van der Waals surface area contributed by atoms with Crippen LogP contribution in [0.1, 0.15) is 32.6 Å². The van der Waals surface area contributed by atoms with Crippen molar-refractivity contribution in [2.75, 3.05) is 20.3 Å². The maximum Gasteiger partial charge on any atom is 0.259 e. The molecular formula is C26H31BrN4O7S. The molecule has 2 saturated carbocycles. The molecule has 3 N–H and O–H groups in total. The molecule has 210 valence electrons. The third-order valence-electron chi connectivity index (χ3n) is 7.28. The first-order chi connectivity index (χ1) is 18.6. The van der Waals surface area contributed by atoms with Crippen LogP contribution in [0.25, 0.3) is 10.9 Å². The number of nitrogens with one attached hydrogen (secondary N) is 3. The van der Waals surface area contributed by atoms with Crippen LogP contribution in [0.4, 0.5) is 0 Å². The van der Waals surface area contributed by atoms with Gasteiger partial charge in [-0.3, -0.25) is 14.3 Å². The molecule has 2 aliphatic carbocycles. The van der Waals surface area contributed by atoms with Crippen LogP contribution in [0.2, 0.25) is 0 Å². The molecule has 0 bridgehead atoms. The van der Waals surface area contributed by atoms with E-state index < -0.39 is 38.7 Å². The van der Waals surface area contributed by atoms with Crippen molar-refractivity contribution in [3.05, 3.63) is 35.3 Å². The van der Waals surface area contributed by atoms with Crippen LogP contribution in [0.3, 0.4) is 0 Å². The number of aromatic nitrogens is 1. The lowest BCUT2D eigenvalue weighted by Crippen LogP contribution is -2.55. The zero-order valence-electron chi connectivity index (χ0n) is 21.7. The molecule has 39 heavy (non-hydrogen) atoms. The Kier molecular flexibility index (Phi) is 7.51. The van der Waals surface area contributed by atoms with E-state index in [1.54, 1.807) is 19.3 Å². The molecule has 3 fully saturated rings. The van der Waals surface area contributed by atoms with Gasteiger partial charge in [-0.25, -0.2) is 13.4 Å². The summed E-state index contributed by atoms with van der Waals surface area (Å²) in [6, 6.07) is 4.75. The quantitative estimate of drug-likeness (QED) is 0.321. The van der Waals surface area contributed by atoms with Crippen molar-refractivity contribution in [1.29, 1.82) is 0 Å². The van der Waals surface area contributed by atoms with Crippen LogP contribution in [-0.2, 0) is 19.6 Å². The van der Waals surface area contributed by atoms with Crippen LogP contribution in [0, 0.1) is 5.92 Å². The van der Waals surface area contributed by atoms with Gasteiger partial charge in [0.05, 0.1) is 35.0 Å². The van der Waals surface area contributed by atoms with E-state index in [-0.39, 0.29) is 12.0 Å². The van der Waals surface area contributed by atoms with E-state index in [4.69, 9.17) is 14.2 Å². The molecule has 0 radical (unpaired) electrons. The fourth-order valence-electron chi connectivity index (χ4n) is 4.86. The van der Waals surface area contributed by atoms with Gasteiger partial charge in [-0.1, -0.05) is 6.08 Å². The Bertz CT molecular complexity index is 1430. The van der Waals surface area contributed by atoms with Gasteiger partial charge >= 0.3 is 0 Å². The number of hydrogen-bond donors (Lipinski definition) is 3. The van der Waals surface area contributed by atoms with Crippen LogP contribution < -0.4 is 29.6 Å². The Labute approximate surface area is 235 Å². The highest BCUT2D eigenvalue weighted by atomic mass is 79.9. The number of methoxy groups -OCH3 is 1. The summed E-state index contributed by atoms with van der Waals surface area (Å²) in [7, 11) is -2.17. The van der Waals surface area contributed by atoms with E-state index >= 15 is 0 Å². The minimum absolute atomic E-state index is 0.294. The minimum Gasteiger partial charge on any atom is -0.495 e. The smallest absolute Gasteiger partial charge is 0.259 e. The highest BCUT2D eigenvalue weighted by Crippen LogP contribution is 2.45. The Morgan fingerprint density at radius 2 is 2.08 bits per heavy atom. The van der Waals surface area contributed by atoms with E-state index in [0.29, 0.717) is 66.2 Å². The number of sulfonamides is 1.